The fourth-order valence-electron chi connectivity index (χ4n) is 1.78. The molecule has 0 saturated heterocycles. The third-order valence-corrected chi connectivity index (χ3v) is 2.76. The molecule has 2 aromatic carbocycles. The summed E-state index contributed by atoms with van der Waals surface area (Å²) in [7, 11) is 0. The maximum atomic E-state index is 13.9. The van der Waals surface area contributed by atoms with E-state index < -0.39 is 0 Å². The summed E-state index contributed by atoms with van der Waals surface area (Å²) in [6, 6.07) is 13.9. The first-order valence-corrected chi connectivity index (χ1v) is 5.60. The van der Waals surface area contributed by atoms with Crippen molar-refractivity contribution in [3.05, 3.63) is 59.4 Å². The van der Waals surface area contributed by atoms with Gasteiger partial charge in [-0.2, -0.15) is 5.26 Å². The number of aliphatic hydroxyl groups excluding tert-OH is 1. The van der Waals surface area contributed by atoms with Crippen LogP contribution < -0.4 is 0 Å². The highest BCUT2D eigenvalue weighted by Gasteiger charge is 2.06. The number of hydrogen-bond donors (Lipinski definition) is 1. The second-order valence-corrected chi connectivity index (χ2v) is 4.00. The maximum absolute atomic E-state index is 13.9. The normalized spacial score (nSPS) is 10.1. The van der Waals surface area contributed by atoms with E-state index in [0.717, 1.165) is 11.1 Å². The molecule has 0 aromatic heterocycles. The van der Waals surface area contributed by atoms with E-state index in [4.69, 9.17) is 10.4 Å². The van der Waals surface area contributed by atoms with Gasteiger partial charge < -0.3 is 5.11 Å². The van der Waals surface area contributed by atoms with Crippen LogP contribution in [0.25, 0.3) is 11.1 Å². The summed E-state index contributed by atoms with van der Waals surface area (Å²) in [5.41, 5.74) is 2.72. The topological polar surface area (TPSA) is 44.0 Å². The van der Waals surface area contributed by atoms with Gasteiger partial charge in [0.15, 0.2) is 0 Å². The third-order valence-electron chi connectivity index (χ3n) is 2.76. The van der Waals surface area contributed by atoms with Gasteiger partial charge in [0.25, 0.3) is 0 Å². The minimum absolute atomic E-state index is 0.0239. The van der Waals surface area contributed by atoms with Gasteiger partial charge in [-0.25, -0.2) is 4.39 Å². The van der Waals surface area contributed by atoms with Crippen LogP contribution in [-0.2, 0) is 13.0 Å². The molecule has 0 amide bonds. The predicted molar refractivity (Wildman–Crippen MR) is 67.1 cm³/mol. The molecule has 18 heavy (non-hydrogen) atoms. The van der Waals surface area contributed by atoms with Gasteiger partial charge in [0.2, 0.25) is 0 Å². The Kier molecular flexibility index (Phi) is 3.71. The fourth-order valence-corrected chi connectivity index (χ4v) is 1.78. The minimum atomic E-state index is -0.334. The lowest BCUT2D eigenvalue weighted by Gasteiger charge is -2.06. The highest BCUT2D eigenvalue weighted by molar-refractivity contribution is 5.64. The highest BCUT2D eigenvalue weighted by Crippen LogP contribution is 2.24. The second kappa shape index (κ2) is 5.44. The summed E-state index contributed by atoms with van der Waals surface area (Å²) in [6.07, 6.45) is 0.209. The van der Waals surface area contributed by atoms with E-state index >= 15 is 0 Å². The standard InChI is InChI=1S/C15H12FNO/c16-15-9-11(7-8-17)3-6-14(15)13-4-1-12(10-18)2-5-13/h1-6,9,18H,7,10H2. The van der Waals surface area contributed by atoms with Crippen LogP contribution in [0.3, 0.4) is 0 Å². The van der Waals surface area contributed by atoms with Gasteiger partial charge in [0.05, 0.1) is 19.1 Å². The Morgan fingerprint density at radius 2 is 1.72 bits per heavy atom. The van der Waals surface area contributed by atoms with E-state index in [-0.39, 0.29) is 18.8 Å². The van der Waals surface area contributed by atoms with E-state index in [9.17, 15) is 4.39 Å². The number of nitrogens with zero attached hydrogens (tertiary/aromatic N) is 1. The van der Waals surface area contributed by atoms with Crippen molar-refractivity contribution < 1.29 is 9.50 Å². The van der Waals surface area contributed by atoms with Crippen LogP contribution in [0.5, 0.6) is 0 Å². The Morgan fingerprint density at radius 3 is 2.28 bits per heavy atom. The zero-order valence-corrected chi connectivity index (χ0v) is 9.73. The molecule has 0 heterocycles. The molecular formula is C15H12FNO. The summed E-state index contributed by atoms with van der Waals surface area (Å²) in [5.74, 6) is -0.334. The van der Waals surface area contributed by atoms with Gasteiger partial charge >= 0.3 is 0 Å². The first-order chi connectivity index (χ1) is 8.74. The molecule has 2 aromatic rings. The van der Waals surface area contributed by atoms with Gasteiger partial charge in [-0.1, -0.05) is 36.4 Å². The van der Waals surface area contributed by atoms with E-state index in [1.165, 1.54) is 6.07 Å². The zero-order chi connectivity index (χ0) is 13.0. The van der Waals surface area contributed by atoms with Crippen LogP contribution in [0.2, 0.25) is 0 Å². The molecule has 0 aliphatic rings. The number of rotatable bonds is 3. The van der Waals surface area contributed by atoms with E-state index in [1.54, 1.807) is 36.4 Å². The Hall–Kier alpha value is -2.18. The van der Waals surface area contributed by atoms with Gasteiger partial charge in [-0.3, -0.25) is 0 Å². The quantitative estimate of drug-likeness (QED) is 0.897. The van der Waals surface area contributed by atoms with Crippen LogP contribution in [0.15, 0.2) is 42.5 Å². The van der Waals surface area contributed by atoms with E-state index in [0.29, 0.717) is 11.1 Å². The first-order valence-electron chi connectivity index (χ1n) is 5.60. The average Bonchev–Trinajstić information content (AvgIpc) is 2.40. The Balaban J connectivity index is 2.35. The molecule has 0 bridgehead atoms. The largest absolute Gasteiger partial charge is 0.392 e. The molecule has 0 unspecified atom stereocenters. The lowest BCUT2D eigenvalue weighted by molar-refractivity contribution is 0.282. The minimum Gasteiger partial charge on any atom is -0.392 e. The summed E-state index contributed by atoms with van der Waals surface area (Å²) in [4.78, 5) is 0. The Labute approximate surface area is 105 Å². The van der Waals surface area contributed by atoms with Crippen molar-refractivity contribution in [1.29, 1.82) is 5.26 Å². The van der Waals surface area contributed by atoms with Crippen LogP contribution >= 0.6 is 0 Å². The van der Waals surface area contributed by atoms with Crippen molar-refractivity contribution in [3.8, 4) is 17.2 Å². The lowest BCUT2D eigenvalue weighted by atomic mass is 10.0. The van der Waals surface area contributed by atoms with Crippen LogP contribution in [-0.4, -0.2) is 5.11 Å². The number of aliphatic hydroxyl groups is 1. The molecule has 0 radical (unpaired) electrons. The lowest BCUT2D eigenvalue weighted by Crippen LogP contribution is -1.89. The molecule has 2 rings (SSSR count). The number of halogens is 1. The molecule has 1 N–H and O–H groups in total. The van der Waals surface area contributed by atoms with Gasteiger partial charge in [-0.05, 0) is 22.8 Å². The smallest absolute Gasteiger partial charge is 0.131 e. The van der Waals surface area contributed by atoms with Crippen LogP contribution in [0.1, 0.15) is 11.1 Å². The molecule has 0 spiro atoms. The van der Waals surface area contributed by atoms with Crippen LogP contribution in [0.4, 0.5) is 4.39 Å². The molecule has 3 heteroatoms. The van der Waals surface area contributed by atoms with Gasteiger partial charge in [-0.15, -0.1) is 0 Å². The average molecular weight is 241 g/mol. The summed E-state index contributed by atoms with van der Waals surface area (Å²) in [5, 5.41) is 17.5. The molecule has 0 saturated carbocycles. The third kappa shape index (κ3) is 2.55. The van der Waals surface area contributed by atoms with Crippen molar-refractivity contribution >= 4 is 0 Å². The number of nitriles is 1. The zero-order valence-electron chi connectivity index (χ0n) is 9.73. The van der Waals surface area contributed by atoms with Crippen molar-refractivity contribution in [1.82, 2.24) is 0 Å². The summed E-state index contributed by atoms with van der Waals surface area (Å²) in [6.45, 7) is -0.0239. The SMILES string of the molecule is N#CCc1ccc(-c2ccc(CO)cc2)c(F)c1. The first kappa shape index (κ1) is 12.3. The molecule has 2 nitrogen and oxygen atoms in total. The number of hydrogen-bond acceptors (Lipinski definition) is 2. The van der Waals surface area contributed by atoms with Crippen LogP contribution in [0, 0.1) is 17.1 Å². The molecule has 0 aliphatic carbocycles. The van der Waals surface area contributed by atoms with Crippen molar-refractivity contribution in [2.45, 2.75) is 13.0 Å². The molecule has 0 fully saturated rings. The summed E-state index contributed by atoms with van der Waals surface area (Å²) < 4.78 is 13.9. The Bertz CT molecular complexity index is 584. The predicted octanol–water partition coefficient (Wildman–Crippen LogP) is 3.05. The second-order valence-electron chi connectivity index (χ2n) is 4.00. The van der Waals surface area contributed by atoms with E-state index in [2.05, 4.69) is 0 Å². The monoisotopic (exact) mass is 241 g/mol. The van der Waals surface area contributed by atoms with Crippen molar-refractivity contribution in [3.63, 3.8) is 0 Å². The fraction of sp³-hybridized carbons (Fsp3) is 0.133. The van der Waals surface area contributed by atoms with Crippen molar-refractivity contribution in [2.24, 2.45) is 0 Å². The summed E-state index contributed by atoms with van der Waals surface area (Å²) >= 11 is 0. The molecule has 90 valence electrons. The molecule has 0 aliphatic heterocycles. The van der Waals surface area contributed by atoms with Gasteiger partial charge in [0, 0.05) is 5.56 Å². The number of benzene rings is 2. The molecule has 0 atom stereocenters. The van der Waals surface area contributed by atoms with Crippen molar-refractivity contribution in [2.75, 3.05) is 0 Å². The highest BCUT2D eigenvalue weighted by atomic mass is 19.1. The maximum Gasteiger partial charge on any atom is 0.131 e. The molecular weight excluding hydrogens is 229 g/mol. The Morgan fingerprint density at radius 1 is 1.06 bits per heavy atom. The van der Waals surface area contributed by atoms with E-state index in [1.807, 2.05) is 6.07 Å². The van der Waals surface area contributed by atoms with Gasteiger partial charge in [0.1, 0.15) is 5.82 Å².